The van der Waals surface area contributed by atoms with Gasteiger partial charge >= 0.3 is 39.5 Å². The Morgan fingerprint density at radius 1 is 0.293 bits per heavy atom. The molecule has 0 spiro atoms. The summed E-state index contributed by atoms with van der Waals surface area (Å²) in [7, 11) is -9.90. The minimum Gasteiger partial charge on any atom is -0.462 e. The Balaban J connectivity index is 5.23. The molecule has 5 atom stereocenters. The van der Waals surface area contributed by atoms with Gasteiger partial charge in [0.1, 0.15) is 19.3 Å². The number of hydrogen-bond donors (Lipinski definition) is 3. The molecule has 19 heteroatoms. The number of phosphoric acid groups is 2. The molecule has 0 bridgehead atoms. The Bertz CT molecular complexity index is 1800. The van der Waals surface area contributed by atoms with E-state index in [1.165, 1.54) is 173 Å². The molecule has 0 aromatic rings. The Morgan fingerprint density at radius 2 is 0.500 bits per heavy atom. The molecule has 0 heterocycles. The molecule has 0 aliphatic carbocycles. The third-order valence-electron chi connectivity index (χ3n) is 16.9. The molecule has 3 N–H and O–H groups in total. The molecule has 0 aliphatic heterocycles. The van der Waals surface area contributed by atoms with Crippen molar-refractivity contribution in [1.29, 1.82) is 0 Å². The van der Waals surface area contributed by atoms with E-state index in [4.69, 9.17) is 37.0 Å². The van der Waals surface area contributed by atoms with Gasteiger partial charge in [-0.15, -0.1) is 0 Å². The predicted molar refractivity (Wildman–Crippen MR) is 372 cm³/mol. The van der Waals surface area contributed by atoms with E-state index in [0.717, 1.165) is 114 Å². The summed E-state index contributed by atoms with van der Waals surface area (Å²) in [5.74, 6) is 0.200. The second-order valence-corrected chi connectivity index (χ2v) is 30.7. The quantitative estimate of drug-likeness (QED) is 0.0222. The zero-order valence-corrected chi connectivity index (χ0v) is 61.8. The summed E-state index contributed by atoms with van der Waals surface area (Å²) < 4.78 is 68.4. The van der Waals surface area contributed by atoms with Crippen LogP contribution in [0, 0.1) is 17.8 Å². The SMILES string of the molecule is CCCCCCCCCCC(=O)OC[C@H](COP(=O)(O)OC[C@H](O)COP(=O)(O)OC[C@@H](COC(=O)CCCCCCCCCCCCCC(C)C)OC(=O)CCCCCCCCCCCCCCCC(C)C)OC(=O)CCCCCCCCCCCCCC(C)C. The van der Waals surface area contributed by atoms with E-state index in [1.807, 2.05) is 0 Å². The maximum atomic E-state index is 13.1. The highest BCUT2D eigenvalue weighted by molar-refractivity contribution is 7.47. The van der Waals surface area contributed by atoms with E-state index >= 15 is 0 Å². The monoisotopic (exact) mass is 1350 g/mol. The number of hydrogen-bond acceptors (Lipinski definition) is 15. The number of esters is 4. The van der Waals surface area contributed by atoms with Gasteiger partial charge in [-0.25, -0.2) is 9.13 Å². The topological polar surface area (TPSA) is 237 Å². The standard InChI is InChI=1S/C73H142O17P2/c1-8-9-10-11-12-33-40-47-54-70(75)83-60-68(89-73(78)57-50-43-36-29-23-17-20-26-32-39-46-53-66(6)7)62-87-91(79,80)85-58-67(74)59-86-92(81,82)88-63-69(61-84-71(76)55-48-41-34-27-22-16-19-25-31-38-45-52-65(4)5)90-72(77)56-49-42-35-28-21-15-13-14-18-24-30-37-44-51-64(2)3/h64-69,74H,8-63H2,1-7H3,(H,79,80)(H,81,82)/t67-,68+,69+/m0/s1. The van der Waals surface area contributed by atoms with Crippen LogP contribution < -0.4 is 0 Å². The number of aliphatic hydroxyl groups excluding tert-OH is 1. The summed E-state index contributed by atoms with van der Waals surface area (Å²) in [4.78, 5) is 72.6. The van der Waals surface area contributed by atoms with Gasteiger partial charge in [0.25, 0.3) is 0 Å². The van der Waals surface area contributed by atoms with Crippen molar-refractivity contribution in [2.45, 2.75) is 388 Å². The first-order valence-corrected chi connectivity index (χ1v) is 40.8. The molecule has 0 fully saturated rings. The van der Waals surface area contributed by atoms with Crippen molar-refractivity contribution in [1.82, 2.24) is 0 Å². The highest BCUT2D eigenvalue weighted by Gasteiger charge is 2.30. The highest BCUT2D eigenvalue weighted by Crippen LogP contribution is 2.45. The summed E-state index contributed by atoms with van der Waals surface area (Å²) in [6.07, 6.45) is 48.5. The summed E-state index contributed by atoms with van der Waals surface area (Å²) in [5, 5.41) is 10.6. The van der Waals surface area contributed by atoms with E-state index in [1.54, 1.807) is 0 Å². The Hall–Kier alpha value is -1.94. The van der Waals surface area contributed by atoms with Crippen LogP contribution in [0.4, 0.5) is 0 Å². The first-order valence-electron chi connectivity index (χ1n) is 37.8. The smallest absolute Gasteiger partial charge is 0.462 e. The second-order valence-electron chi connectivity index (χ2n) is 27.8. The lowest BCUT2D eigenvalue weighted by Gasteiger charge is -2.21. The molecule has 17 nitrogen and oxygen atoms in total. The fourth-order valence-electron chi connectivity index (χ4n) is 11.1. The summed E-state index contributed by atoms with van der Waals surface area (Å²) in [6.45, 7) is 11.9. The third-order valence-corrected chi connectivity index (χ3v) is 18.8. The van der Waals surface area contributed by atoms with Gasteiger partial charge in [0, 0.05) is 25.7 Å². The van der Waals surface area contributed by atoms with E-state index in [2.05, 4.69) is 48.5 Å². The minimum atomic E-state index is -4.95. The molecule has 0 aromatic heterocycles. The molecule has 0 aliphatic rings. The second kappa shape index (κ2) is 63.8. The molecule has 0 aromatic carbocycles. The molecule has 0 saturated heterocycles. The van der Waals surface area contributed by atoms with Crippen LogP contribution in [0.1, 0.15) is 370 Å². The maximum absolute atomic E-state index is 13.1. The van der Waals surface area contributed by atoms with Gasteiger partial charge in [0.05, 0.1) is 26.4 Å². The normalized spacial score (nSPS) is 14.1. The van der Waals surface area contributed by atoms with Gasteiger partial charge in [-0.2, -0.15) is 0 Å². The first kappa shape index (κ1) is 90.1. The van der Waals surface area contributed by atoms with Crippen molar-refractivity contribution < 1.29 is 80.2 Å². The molecule has 0 rings (SSSR count). The van der Waals surface area contributed by atoms with Crippen LogP contribution in [-0.2, 0) is 65.4 Å². The number of rotatable bonds is 71. The Morgan fingerprint density at radius 3 is 0.739 bits per heavy atom. The summed E-state index contributed by atoms with van der Waals surface area (Å²) in [5.41, 5.74) is 0. The molecule has 2 unspecified atom stereocenters. The fourth-order valence-corrected chi connectivity index (χ4v) is 12.7. The lowest BCUT2D eigenvalue weighted by molar-refractivity contribution is -0.161. The first-order chi connectivity index (χ1) is 44.2. The maximum Gasteiger partial charge on any atom is 0.472 e. The van der Waals surface area contributed by atoms with Crippen LogP contribution in [0.25, 0.3) is 0 Å². The van der Waals surface area contributed by atoms with Crippen molar-refractivity contribution in [2.75, 3.05) is 39.6 Å². The molecule has 92 heavy (non-hydrogen) atoms. The number of carbonyl (C=O) groups is 4. The van der Waals surface area contributed by atoms with Gasteiger partial charge < -0.3 is 33.8 Å². The van der Waals surface area contributed by atoms with Gasteiger partial charge in [-0.1, -0.05) is 318 Å². The van der Waals surface area contributed by atoms with Crippen molar-refractivity contribution in [2.24, 2.45) is 17.8 Å². The number of unbranched alkanes of at least 4 members (excludes halogenated alkanes) is 39. The molecule has 0 saturated carbocycles. The predicted octanol–water partition coefficient (Wildman–Crippen LogP) is 21.0. The van der Waals surface area contributed by atoms with Crippen LogP contribution >= 0.6 is 15.6 Å². The third kappa shape index (κ3) is 66.7. The van der Waals surface area contributed by atoms with Crippen LogP contribution in [0.3, 0.4) is 0 Å². The van der Waals surface area contributed by atoms with Crippen LogP contribution in [0.15, 0.2) is 0 Å². The van der Waals surface area contributed by atoms with Crippen LogP contribution in [0.5, 0.6) is 0 Å². The molecule has 0 radical (unpaired) electrons. The number of aliphatic hydroxyl groups is 1. The highest BCUT2D eigenvalue weighted by atomic mass is 31.2. The lowest BCUT2D eigenvalue weighted by Crippen LogP contribution is -2.30. The van der Waals surface area contributed by atoms with Crippen molar-refractivity contribution >= 4 is 39.5 Å². The molecular weight excluding hydrogens is 1210 g/mol. The Labute approximate surface area is 562 Å². The van der Waals surface area contributed by atoms with Crippen LogP contribution in [-0.4, -0.2) is 96.7 Å². The molecule has 0 amide bonds. The zero-order chi connectivity index (χ0) is 68.0. The molecular formula is C73H142O17P2. The van der Waals surface area contributed by atoms with Gasteiger partial charge in [0.15, 0.2) is 12.2 Å². The molecule has 546 valence electrons. The van der Waals surface area contributed by atoms with Crippen molar-refractivity contribution in [3.05, 3.63) is 0 Å². The average molecular weight is 1350 g/mol. The average Bonchev–Trinajstić information content (AvgIpc) is 1.76. The van der Waals surface area contributed by atoms with E-state index in [9.17, 15) is 43.2 Å². The fraction of sp³-hybridized carbons (Fsp3) is 0.945. The zero-order valence-electron chi connectivity index (χ0n) is 60.0. The number of ether oxygens (including phenoxy) is 4. The van der Waals surface area contributed by atoms with Crippen molar-refractivity contribution in [3.8, 4) is 0 Å². The van der Waals surface area contributed by atoms with Gasteiger partial charge in [0.2, 0.25) is 0 Å². The number of carbonyl (C=O) groups excluding carboxylic acids is 4. The number of phosphoric ester groups is 2. The van der Waals surface area contributed by atoms with Crippen LogP contribution in [0.2, 0.25) is 0 Å². The van der Waals surface area contributed by atoms with E-state index in [0.29, 0.717) is 25.7 Å². The Kier molecular flexibility index (Phi) is 62.4. The van der Waals surface area contributed by atoms with E-state index in [-0.39, 0.29) is 25.7 Å². The van der Waals surface area contributed by atoms with Crippen molar-refractivity contribution in [3.63, 3.8) is 0 Å². The van der Waals surface area contributed by atoms with Gasteiger partial charge in [-0.05, 0) is 43.4 Å². The van der Waals surface area contributed by atoms with Gasteiger partial charge in [-0.3, -0.25) is 37.3 Å². The minimum absolute atomic E-state index is 0.106. The largest absolute Gasteiger partial charge is 0.472 e. The summed E-state index contributed by atoms with van der Waals surface area (Å²) in [6, 6.07) is 0. The van der Waals surface area contributed by atoms with E-state index < -0.39 is 97.5 Å². The summed E-state index contributed by atoms with van der Waals surface area (Å²) >= 11 is 0. The lowest BCUT2D eigenvalue weighted by atomic mass is 10.0.